The van der Waals surface area contributed by atoms with Gasteiger partial charge in [-0.1, -0.05) is 0 Å². The highest BCUT2D eigenvalue weighted by atomic mass is 31.2. The Labute approximate surface area is 253 Å². The third-order valence-electron chi connectivity index (χ3n) is 7.05. The Morgan fingerprint density at radius 1 is 0.913 bits per heavy atom. The Balaban J connectivity index is 1.18. The second-order valence-corrected chi connectivity index (χ2v) is 12.7. The Morgan fingerprint density at radius 3 is 2.28 bits per heavy atom. The Bertz CT molecular complexity index is 1920. The molecule has 0 spiro atoms. The quantitative estimate of drug-likeness (QED) is 0.0801. The molecule has 23 nitrogen and oxygen atoms in total. The topological polar surface area (TPSA) is 341 Å². The summed E-state index contributed by atoms with van der Waals surface area (Å²) >= 11 is 0. The van der Waals surface area contributed by atoms with E-state index in [2.05, 4.69) is 34.4 Å². The van der Waals surface area contributed by atoms with Crippen molar-refractivity contribution in [3.63, 3.8) is 0 Å². The number of nitrogens with two attached hydrogens (primary N) is 2. The van der Waals surface area contributed by atoms with Gasteiger partial charge in [-0.3, -0.25) is 32.5 Å². The Kier molecular flexibility index (Phi) is 8.42. The number of aliphatic hydroxyl groups is 2. The zero-order valence-corrected chi connectivity index (χ0v) is 24.6. The number of rotatable bonds is 10. The molecule has 2 fully saturated rings. The number of aromatic nitrogens is 8. The maximum absolute atomic E-state index is 15.8. The number of H-pyrrole nitrogens is 1. The molecule has 2 aliphatic heterocycles. The van der Waals surface area contributed by atoms with E-state index < -0.39 is 83.6 Å². The molecular formula is C20H25FN10O13P2. The Hall–Kier alpha value is -3.51. The molecule has 4 aromatic rings. The van der Waals surface area contributed by atoms with Gasteiger partial charge in [-0.05, 0) is 0 Å². The minimum absolute atomic E-state index is 0.00698. The van der Waals surface area contributed by atoms with Crippen LogP contribution in [0.3, 0.4) is 0 Å². The van der Waals surface area contributed by atoms with Gasteiger partial charge < -0.3 is 45.8 Å². The maximum atomic E-state index is 15.8. The first kappa shape index (κ1) is 32.4. The van der Waals surface area contributed by atoms with E-state index >= 15 is 4.39 Å². The molecule has 9 atom stereocenters. The number of aromatic amines is 1. The number of nitrogen functional groups attached to an aromatic ring is 2. The van der Waals surface area contributed by atoms with E-state index in [0.29, 0.717) is 0 Å². The van der Waals surface area contributed by atoms with Gasteiger partial charge in [-0.2, -0.15) is 4.98 Å². The second-order valence-electron chi connectivity index (χ2n) is 10.0. The van der Waals surface area contributed by atoms with Gasteiger partial charge in [-0.15, -0.1) is 0 Å². The third-order valence-corrected chi connectivity index (χ3v) is 8.52. The van der Waals surface area contributed by atoms with Crippen molar-refractivity contribution in [1.29, 1.82) is 0 Å². The number of alkyl halides is 1. The van der Waals surface area contributed by atoms with Crippen LogP contribution in [-0.2, 0) is 32.2 Å². The summed E-state index contributed by atoms with van der Waals surface area (Å²) in [6, 6.07) is 0. The van der Waals surface area contributed by atoms with Crippen LogP contribution in [-0.4, -0.2) is 114 Å². The van der Waals surface area contributed by atoms with E-state index in [1.54, 1.807) is 0 Å². The van der Waals surface area contributed by atoms with E-state index in [4.69, 9.17) is 39.8 Å². The highest BCUT2D eigenvalue weighted by Crippen LogP contribution is 2.50. The molecular weight excluding hydrogens is 669 g/mol. The largest absolute Gasteiger partial charge is 0.472 e. The standard InChI is InChI=1S/C20H25FN10O13P2/c21-8-13(7(2-40-45(35,36)37)43-18(8)30-4-26-9-14(22)24-3-25-15(9)30)44-46(38,39)41-1-6-11(32)12(33)19(42-6)31-5-27-10-16(31)28-20(23)29-17(10)34/h3-8,11-13,18-19,32-33H,1-2H2,(H,38,39)(H2,22,24,25)(H2,35,36,37)(H3,23,28,29,34)/t6-,7-,8+,11?,12+,13?,18-,19-/m1/s1. The van der Waals surface area contributed by atoms with Gasteiger partial charge in [0.1, 0.15) is 42.4 Å². The fourth-order valence-corrected chi connectivity index (χ4v) is 6.28. The molecule has 0 aliphatic carbocycles. The van der Waals surface area contributed by atoms with Crippen LogP contribution in [0.15, 0.2) is 23.8 Å². The number of hydrogen-bond donors (Lipinski definition) is 8. The predicted molar refractivity (Wildman–Crippen MR) is 146 cm³/mol. The molecule has 0 bridgehead atoms. The number of phosphoric acid groups is 2. The lowest BCUT2D eigenvalue weighted by Crippen LogP contribution is -2.35. The van der Waals surface area contributed by atoms with Gasteiger partial charge in [0, 0.05) is 0 Å². The minimum Gasteiger partial charge on any atom is -0.387 e. The number of fused-ring (bicyclic) bond motifs is 2. The third kappa shape index (κ3) is 6.13. The number of nitrogens with one attached hydrogen (secondary N) is 1. The number of anilines is 2. The summed E-state index contributed by atoms with van der Waals surface area (Å²) in [5.41, 5.74) is 10.5. The summed E-state index contributed by atoms with van der Waals surface area (Å²) < 4.78 is 67.9. The number of ether oxygens (including phenoxy) is 2. The Morgan fingerprint density at radius 2 is 1.57 bits per heavy atom. The molecule has 2 saturated heterocycles. The van der Waals surface area contributed by atoms with Gasteiger partial charge in [-0.25, -0.2) is 33.5 Å². The molecule has 3 unspecified atom stereocenters. The molecule has 10 N–H and O–H groups in total. The van der Waals surface area contributed by atoms with E-state index in [9.17, 15) is 29.0 Å². The van der Waals surface area contributed by atoms with E-state index in [1.165, 1.54) is 0 Å². The highest BCUT2D eigenvalue weighted by molar-refractivity contribution is 7.47. The van der Waals surface area contributed by atoms with Crippen molar-refractivity contribution in [3.8, 4) is 0 Å². The van der Waals surface area contributed by atoms with Crippen LogP contribution in [0.4, 0.5) is 16.2 Å². The van der Waals surface area contributed by atoms with Crippen LogP contribution >= 0.6 is 15.6 Å². The number of hydrogen-bond acceptors (Lipinski definition) is 17. The first-order valence-electron chi connectivity index (χ1n) is 13.0. The van der Waals surface area contributed by atoms with Gasteiger partial charge in [0.05, 0.1) is 25.9 Å². The van der Waals surface area contributed by atoms with Gasteiger partial charge in [0.2, 0.25) is 5.95 Å². The van der Waals surface area contributed by atoms with E-state index in [-0.39, 0.29) is 34.1 Å². The van der Waals surface area contributed by atoms with Crippen LogP contribution in [0.2, 0.25) is 0 Å². The predicted octanol–water partition coefficient (Wildman–Crippen LogP) is -2.41. The zero-order valence-electron chi connectivity index (χ0n) is 22.8. The highest BCUT2D eigenvalue weighted by Gasteiger charge is 2.52. The summed E-state index contributed by atoms with van der Waals surface area (Å²) in [6.07, 6.45) is -10.7. The summed E-state index contributed by atoms with van der Waals surface area (Å²) in [7, 11) is -10.4. The summed E-state index contributed by atoms with van der Waals surface area (Å²) in [5.74, 6) is -0.309. The molecule has 250 valence electrons. The van der Waals surface area contributed by atoms with Crippen molar-refractivity contribution in [3.05, 3.63) is 29.3 Å². The summed E-state index contributed by atoms with van der Waals surface area (Å²) in [6.45, 7) is -1.89. The van der Waals surface area contributed by atoms with Crippen LogP contribution in [0, 0.1) is 0 Å². The van der Waals surface area contributed by atoms with Crippen molar-refractivity contribution in [2.24, 2.45) is 0 Å². The lowest BCUT2D eigenvalue weighted by atomic mass is 10.1. The first-order valence-corrected chi connectivity index (χ1v) is 16.0. The minimum atomic E-state index is -5.28. The smallest absolute Gasteiger partial charge is 0.387 e. The molecule has 6 heterocycles. The van der Waals surface area contributed by atoms with Crippen LogP contribution < -0.4 is 17.0 Å². The van der Waals surface area contributed by atoms with Gasteiger partial charge in [0.15, 0.2) is 41.3 Å². The average Bonchev–Trinajstić information content (AvgIpc) is 3.73. The SMILES string of the molecule is Nc1nc2c(ncn2[C@@H]2O[C@H](COP(=O)(O)OC3[C@@H](COP(=O)(O)O)O[C@@H](n4cnc5c(N)ncnc54)[C@H]3F)C(O)[C@@H]2O)c(=O)[nH]1. The van der Waals surface area contributed by atoms with Crippen LogP contribution in [0.5, 0.6) is 0 Å². The molecule has 46 heavy (non-hydrogen) atoms. The first-order chi connectivity index (χ1) is 21.6. The zero-order chi connectivity index (χ0) is 33.1. The molecule has 0 saturated carbocycles. The molecule has 0 radical (unpaired) electrons. The summed E-state index contributed by atoms with van der Waals surface area (Å²) in [5, 5.41) is 21.2. The number of aliphatic hydroxyl groups excluding tert-OH is 2. The molecule has 2 aliphatic rings. The van der Waals surface area contributed by atoms with Crippen LogP contribution in [0.1, 0.15) is 12.5 Å². The fraction of sp³-hybridized carbons (Fsp3) is 0.500. The van der Waals surface area contributed by atoms with Gasteiger partial charge >= 0.3 is 15.6 Å². The van der Waals surface area contributed by atoms with Crippen molar-refractivity contribution < 1.29 is 61.5 Å². The number of phosphoric ester groups is 2. The fourth-order valence-electron chi connectivity index (χ4n) is 4.98. The normalized spacial score (nSPS) is 30.0. The molecule has 26 heteroatoms. The van der Waals surface area contributed by atoms with Crippen molar-refractivity contribution in [1.82, 2.24) is 39.0 Å². The number of nitrogens with zero attached hydrogens (tertiary/aromatic N) is 7. The van der Waals surface area contributed by atoms with E-state index in [0.717, 1.165) is 28.1 Å². The lowest BCUT2D eigenvalue weighted by Gasteiger charge is -2.23. The second kappa shape index (κ2) is 11.9. The summed E-state index contributed by atoms with van der Waals surface area (Å²) in [4.78, 5) is 62.7. The molecule has 0 aromatic carbocycles. The van der Waals surface area contributed by atoms with Crippen LogP contribution in [0.25, 0.3) is 22.3 Å². The van der Waals surface area contributed by atoms with Gasteiger partial charge in [0.25, 0.3) is 5.56 Å². The maximum Gasteiger partial charge on any atom is 0.472 e. The molecule has 6 rings (SSSR count). The van der Waals surface area contributed by atoms with E-state index in [1.807, 2.05) is 0 Å². The van der Waals surface area contributed by atoms with Crippen molar-refractivity contribution >= 4 is 49.7 Å². The monoisotopic (exact) mass is 694 g/mol. The average molecular weight is 694 g/mol. The van der Waals surface area contributed by atoms with Crippen molar-refractivity contribution in [2.45, 2.75) is 49.1 Å². The number of imidazole rings is 2. The lowest BCUT2D eigenvalue weighted by molar-refractivity contribution is -0.0582. The van der Waals surface area contributed by atoms with Crippen molar-refractivity contribution in [2.75, 3.05) is 24.7 Å². The number of halogens is 1. The molecule has 4 aromatic heterocycles. The molecule has 0 amide bonds.